The maximum atomic E-state index is 13.4. The number of fused-ring (bicyclic) bond motifs is 1. The molecule has 8 heteroatoms. The van der Waals surface area contributed by atoms with Crippen molar-refractivity contribution in [1.82, 2.24) is 5.32 Å². The number of hydrogen-bond donors (Lipinski definition) is 1. The molecule has 0 aliphatic heterocycles. The Hall–Kier alpha value is -2.90. The fourth-order valence-electron chi connectivity index (χ4n) is 2.79. The molecule has 0 bridgehead atoms. The highest BCUT2D eigenvalue weighted by atomic mass is 35.5. The lowest BCUT2D eigenvalue weighted by Gasteiger charge is -2.17. The van der Waals surface area contributed by atoms with Crippen LogP contribution < -0.4 is 15.7 Å². The van der Waals surface area contributed by atoms with Gasteiger partial charge in [-0.15, -0.1) is 0 Å². The summed E-state index contributed by atoms with van der Waals surface area (Å²) in [5.41, 5.74) is 0.646. The largest absolute Gasteiger partial charge is 0.478 e. The van der Waals surface area contributed by atoms with Gasteiger partial charge in [-0.2, -0.15) is 0 Å². The molecule has 1 aromatic heterocycles. The number of likely N-dealkylation sites (N-methyl/N-ethyl adjacent to an activating group) is 1. The zero-order valence-electron chi connectivity index (χ0n) is 15.1. The minimum absolute atomic E-state index is 0.0485. The van der Waals surface area contributed by atoms with Crippen LogP contribution in [0.25, 0.3) is 22.1 Å². The van der Waals surface area contributed by atoms with Gasteiger partial charge in [-0.3, -0.25) is 4.79 Å². The van der Waals surface area contributed by atoms with Crippen molar-refractivity contribution >= 4 is 28.5 Å². The lowest BCUT2D eigenvalue weighted by molar-refractivity contribution is -0.129. The Labute approximate surface area is 164 Å². The van der Waals surface area contributed by atoms with Crippen LogP contribution in [0.5, 0.6) is 5.75 Å². The molecular weight excluding hydrogens is 389 g/mol. The number of rotatable bonds is 6. The fourth-order valence-corrected chi connectivity index (χ4v) is 3.06. The van der Waals surface area contributed by atoms with E-state index in [4.69, 9.17) is 25.5 Å². The van der Waals surface area contributed by atoms with Gasteiger partial charge in [-0.1, -0.05) is 11.6 Å². The summed E-state index contributed by atoms with van der Waals surface area (Å²) >= 11 is 6.15. The number of amides is 1. The van der Waals surface area contributed by atoms with E-state index >= 15 is 0 Å². The average Bonchev–Trinajstić information content (AvgIpc) is 2.66. The third-order valence-electron chi connectivity index (χ3n) is 4.07. The Morgan fingerprint density at radius 1 is 1.21 bits per heavy atom. The number of carbonyl (C=O) groups excluding carboxylic acids is 1. The number of methoxy groups -OCH3 is 1. The molecule has 0 aliphatic rings. The first-order chi connectivity index (χ1) is 13.4. The summed E-state index contributed by atoms with van der Waals surface area (Å²) < 4.78 is 29.3. The average molecular weight is 406 g/mol. The van der Waals surface area contributed by atoms with Crippen LogP contribution in [0, 0.1) is 5.82 Å². The third kappa shape index (κ3) is 4.16. The molecule has 1 heterocycles. The van der Waals surface area contributed by atoms with E-state index in [1.807, 2.05) is 0 Å². The summed E-state index contributed by atoms with van der Waals surface area (Å²) in [7, 11) is 2.95. The number of benzene rings is 2. The number of nitrogens with one attached hydrogen (secondary N) is 1. The van der Waals surface area contributed by atoms with Gasteiger partial charge in [-0.25, -0.2) is 9.18 Å². The molecular formula is C20H17ClFNO5. The Morgan fingerprint density at radius 2 is 2.00 bits per heavy atom. The van der Waals surface area contributed by atoms with Crippen molar-refractivity contribution in [3.05, 3.63) is 63.7 Å². The molecule has 0 saturated heterocycles. The van der Waals surface area contributed by atoms with Crippen molar-refractivity contribution in [2.45, 2.75) is 6.10 Å². The van der Waals surface area contributed by atoms with Crippen molar-refractivity contribution in [2.24, 2.45) is 0 Å². The monoisotopic (exact) mass is 405 g/mol. The van der Waals surface area contributed by atoms with E-state index in [0.29, 0.717) is 22.3 Å². The summed E-state index contributed by atoms with van der Waals surface area (Å²) in [5, 5.41) is 3.26. The predicted octanol–water partition coefficient (Wildman–Crippen LogP) is 3.39. The van der Waals surface area contributed by atoms with E-state index in [0.717, 1.165) is 0 Å². The zero-order chi connectivity index (χ0) is 20.3. The topological polar surface area (TPSA) is 77.8 Å². The van der Waals surface area contributed by atoms with Crippen LogP contribution >= 0.6 is 11.6 Å². The molecule has 0 saturated carbocycles. The zero-order valence-corrected chi connectivity index (χ0v) is 15.9. The number of hydrogen-bond acceptors (Lipinski definition) is 5. The Bertz CT molecular complexity index is 1080. The standard InChI is InChI=1S/C20H17ClFNO5/c1-23-20(25)18(10-26-2)27-12-4-6-14-15(9-19(24)28-17(14)8-12)13-5-3-11(22)7-16(13)21/h3-9,18H,10H2,1-2H3,(H,23,25). The molecule has 6 nitrogen and oxygen atoms in total. The highest BCUT2D eigenvalue weighted by Crippen LogP contribution is 2.34. The molecule has 0 fully saturated rings. The van der Waals surface area contributed by atoms with E-state index in [9.17, 15) is 14.0 Å². The summed E-state index contributed by atoms with van der Waals surface area (Å²) in [4.78, 5) is 23.9. The smallest absolute Gasteiger partial charge is 0.336 e. The molecule has 1 unspecified atom stereocenters. The maximum Gasteiger partial charge on any atom is 0.336 e. The van der Waals surface area contributed by atoms with Crippen molar-refractivity contribution in [1.29, 1.82) is 0 Å². The first-order valence-corrected chi connectivity index (χ1v) is 8.71. The molecule has 1 atom stereocenters. The van der Waals surface area contributed by atoms with E-state index in [1.165, 1.54) is 44.5 Å². The van der Waals surface area contributed by atoms with Gasteiger partial charge in [-0.05, 0) is 30.3 Å². The van der Waals surface area contributed by atoms with Crippen LogP contribution in [-0.4, -0.2) is 32.8 Å². The van der Waals surface area contributed by atoms with Crippen molar-refractivity contribution in [3.8, 4) is 16.9 Å². The van der Waals surface area contributed by atoms with Gasteiger partial charge in [0.2, 0.25) is 0 Å². The molecule has 0 spiro atoms. The Balaban J connectivity index is 2.06. The van der Waals surface area contributed by atoms with Gasteiger partial charge in [0.25, 0.3) is 5.91 Å². The van der Waals surface area contributed by atoms with E-state index < -0.39 is 17.5 Å². The predicted molar refractivity (Wildman–Crippen MR) is 103 cm³/mol. The van der Waals surface area contributed by atoms with Crippen LogP contribution in [0.3, 0.4) is 0 Å². The van der Waals surface area contributed by atoms with E-state index in [-0.39, 0.29) is 23.1 Å². The quantitative estimate of drug-likeness (QED) is 0.636. The van der Waals surface area contributed by atoms with E-state index in [1.54, 1.807) is 12.1 Å². The molecule has 3 rings (SSSR count). The van der Waals surface area contributed by atoms with Crippen LogP contribution in [0.15, 0.2) is 51.7 Å². The molecule has 1 N–H and O–H groups in total. The molecule has 3 aromatic rings. The minimum Gasteiger partial charge on any atom is -0.478 e. The number of halogens is 2. The second-order valence-electron chi connectivity index (χ2n) is 5.94. The summed E-state index contributed by atoms with van der Waals surface area (Å²) in [6, 6.07) is 10.0. The SMILES string of the molecule is CNC(=O)C(COC)Oc1ccc2c(-c3ccc(F)cc3Cl)cc(=O)oc2c1. The maximum absolute atomic E-state index is 13.4. The van der Waals surface area contributed by atoms with Crippen molar-refractivity contribution < 1.29 is 23.1 Å². The highest BCUT2D eigenvalue weighted by molar-refractivity contribution is 6.33. The van der Waals surface area contributed by atoms with Gasteiger partial charge in [0.1, 0.15) is 17.1 Å². The van der Waals surface area contributed by atoms with Crippen LogP contribution in [0.4, 0.5) is 4.39 Å². The van der Waals surface area contributed by atoms with Gasteiger partial charge < -0.3 is 19.2 Å². The van der Waals surface area contributed by atoms with Crippen LogP contribution in [0.2, 0.25) is 5.02 Å². The van der Waals surface area contributed by atoms with Gasteiger partial charge in [0.05, 0.1) is 11.6 Å². The number of carbonyl (C=O) groups is 1. The van der Waals surface area contributed by atoms with Gasteiger partial charge >= 0.3 is 5.63 Å². The minimum atomic E-state index is -0.867. The molecule has 0 aliphatic carbocycles. The molecule has 0 radical (unpaired) electrons. The third-order valence-corrected chi connectivity index (χ3v) is 4.39. The second-order valence-corrected chi connectivity index (χ2v) is 6.34. The number of ether oxygens (including phenoxy) is 2. The Kier molecular flexibility index (Phi) is 5.96. The summed E-state index contributed by atoms with van der Waals surface area (Å²) in [6.45, 7) is 0.0485. The first-order valence-electron chi connectivity index (χ1n) is 8.33. The highest BCUT2D eigenvalue weighted by Gasteiger charge is 2.20. The molecule has 2 aromatic carbocycles. The Morgan fingerprint density at radius 3 is 2.68 bits per heavy atom. The van der Waals surface area contributed by atoms with Gasteiger partial charge in [0, 0.05) is 42.8 Å². The lowest BCUT2D eigenvalue weighted by Crippen LogP contribution is -2.39. The molecule has 146 valence electrons. The van der Waals surface area contributed by atoms with E-state index in [2.05, 4.69) is 5.32 Å². The summed E-state index contributed by atoms with van der Waals surface area (Å²) in [5.74, 6) is -0.506. The normalized spacial score (nSPS) is 12.0. The summed E-state index contributed by atoms with van der Waals surface area (Å²) in [6.07, 6.45) is -0.867. The molecule has 28 heavy (non-hydrogen) atoms. The van der Waals surface area contributed by atoms with Crippen molar-refractivity contribution in [2.75, 3.05) is 20.8 Å². The fraction of sp³-hybridized carbons (Fsp3) is 0.200. The van der Waals surface area contributed by atoms with Crippen LogP contribution in [0.1, 0.15) is 0 Å². The molecule has 1 amide bonds. The van der Waals surface area contributed by atoms with Crippen molar-refractivity contribution in [3.63, 3.8) is 0 Å². The lowest BCUT2D eigenvalue weighted by atomic mass is 10.0. The van der Waals surface area contributed by atoms with Gasteiger partial charge in [0.15, 0.2) is 6.10 Å². The van der Waals surface area contributed by atoms with Crippen LogP contribution in [-0.2, 0) is 9.53 Å². The second kappa shape index (κ2) is 8.41. The first kappa shape index (κ1) is 19.9.